The first-order valence-corrected chi connectivity index (χ1v) is 7.04. The molecule has 104 valence electrons. The van der Waals surface area contributed by atoms with Crippen molar-refractivity contribution in [3.63, 3.8) is 0 Å². The number of methoxy groups -OCH3 is 1. The maximum atomic E-state index is 6.18. The molecule has 1 aliphatic carbocycles. The van der Waals surface area contributed by atoms with E-state index in [0.29, 0.717) is 0 Å². The van der Waals surface area contributed by atoms with Crippen LogP contribution in [0.15, 0.2) is 30.5 Å². The standard InChI is InChI=1S/C16H19N3O/c1-20-12-8-6-11(7-9-12)16-18-10-13-14(17)4-2-3-5-15(13)19-16/h6-10,14H,2-5,17H2,1H3. The second kappa shape index (κ2) is 5.59. The number of hydrogen-bond acceptors (Lipinski definition) is 4. The molecule has 1 atom stereocenters. The highest BCUT2D eigenvalue weighted by Gasteiger charge is 2.17. The van der Waals surface area contributed by atoms with E-state index < -0.39 is 0 Å². The maximum absolute atomic E-state index is 6.18. The SMILES string of the molecule is COc1ccc(-c2ncc3c(n2)CCCCC3N)cc1. The van der Waals surface area contributed by atoms with Crippen molar-refractivity contribution in [3.05, 3.63) is 41.7 Å². The Morgan fingerprint density at radius 1 is 1.20 bits per heavy atom. The maximum Gasteiger partial charge on any atom is 0.159 e. The fourth-order valence-electron chi connectivity index (χ4n) is 2.63. The summed E-state index contributed by atoms with van der Waals surface area (Å²) in [5.74, 6) is 1.60. The van der Waals surface area contributed by atoms with Crippen LogP contribution in [0.5, 0.6) is 5.75 Å². The summed E-state index contributed by atoms with van der Waals surface area (Å²) in [6, 6.07) is 7.90. The van der Waals surface area contributed by atoms with Crippen LogP contribution in [0.4, 0.5) is 0 Å². The van der Waals surface area contributed by atoms with Gasteiger partial charge in [-0.15, -0.1) is 0 Å². The van der Waals surface area contributed by atoms with Gasteiger partial charge in [0.2, 0.25) is 0 Å². The van der Waals surface area contributed by atoms with Gasteiger partial charge in [-0.2, -0.15) is 0 Å². The second-order valence-corrected chi connectivity index (χ2v) is 5.18. The Hall–Kier alpha value is -1.94. The van der Waals surface area contributed by atoms with Crippen LogP contribution in [-0.2, 0) is 6.42 Å². The fraction of sp³-hybridized carbons (Fsp3) is 0.375. The summed E-state index contributed by atoms with van der Waals surface area (Å²) in [5.41, 5.74) is 9.40. The molecule has 20 heavy (non-hydrogen) atoms. The number of aromatic nitrogens is 2. The molecule has 1 aromatic heterocycles. The first-order chi connectivity index (χ1) is 9.78. The lowest BCUT2D eigenvalue weighted by atomic mass is 10.1. The zero-order valence-corrected chi connectivity index (χ0v) is 11.7. The minimum absolute atomic E-state index is 0.0809. The van der Waals surface area contributed by atoms with Crippen LogP contribution in [0, 0.1) is 0 Å². The summed E-state index contributed by atoms with van der Waals surface area (Å²) < 4.78 is 5.17. The Balaban J connectivity index is 1.96. The van der Waals surface area contributed by atoms with Gasteiger partial charge in [0.15, 0.2) is 5.82 Å². The van der Waals surface area contributed by atoms with E-state index in [1.807, 2.05) is 30.5 Å². The Morgan fingerprint density at radius 3 is 2.75 bits per heavy atom. The van der Waals surface area contributed by atoms with Crippen LogP contribution in [0.25, 0.3) is 11.4 Å². The molecule has 0 spiro atoms. The highest BCUT2D eigenvalue weighted by atomic mass is 16.5. The van der Waals surface area contributed by atoms with E-state index in [9.17, 15) is 0 Å². The van der Waals surface area contributed by atoms with Gasteiger partial charge in [0, 0.05) is 29.1 Å². The Bertz CT molecular complexity index is 595. The number of nitrogens with two attached hydrogens (primary N) is 1. The average molecular weight is 269 g/mol. The molecule has 1 unspecified atom stereocenters. The number of aryl methyl sites for hydroxylation is 1. The molecule has 0 saturated heterocycles. The lowest BCUT2D eigenvalue weighted by Crippen LogP contribution is -2.12. The smallest absolute Gasteiger partial charge is 0.159 e. The van der Waals surface area contributed by atoms with Crippen LogP contribution in [-0.4, -0.2) is 17.1 Å². The molecular weight excluding hydrogens is 250 g/mol. The monoisotopic (exact) mass is 269 g/mol. The molecule has 0 radical (unpaired) electrons. The number of benzene rings is 1. The van der Waals surface area contributed by atoms with E-state index in [2.05, 4.69) is 4.98 Å². The first kappa shape index (κ1) is 13.1. The molecular formula is C16H19N3O. The van der Waals surface area contributed by atoms with Crippen LogP contribution in [0.2, 0.25) is 0 Å². The third-order valence-electron chi connectivity index (χ3n) is 3.83. The van der Waals surface area contributed by atoms with E-state index in [-0.39, 0.29) is 6.04 Å². The van der Waals surface area contributed by atoms with Gasteiger partial charge in [0.05, 0.1) is 7.11 Å². The third kappa shape index (κ3) is 2.51. The van der Waals surface area contributed by atoms with Crippen LogP contribution in [0.1, 0.15) is 36.6 Å². The van der Waals surface area contributed by atoms with E-state index >= 15 is 0 Å². The van der Waals surface area contributed by atoms with Crippen molar-refractivity contribution in [2.75, 3.05) is 7.11 Å². The molecule has 2 aromatic rings. The van der Waals surface area contributed by atoms with Crippen molar-refractivity contribution in [2.24, 2.45) is 5.73 Å². The minimum atomic E-state index is 0.0809. The predicted molar refractivity (Wildman–Crippen MR) is 78.5 cm³/mol. The average Bonchev–Trinajstić information content (AvgIpc) is 2.69. The predicted octanol–water partition coefficient (Wildman–Crippen LogP) is 2.88. The van der Waals surface area contributed by atoms with Gasteiger partial charge in [-0.25, -0.2) is 9.97 Å². The summed E-state index contributed by atoms with van der Waals surface area (Å²) in [5, 5.41) is 0. The highest BCUT2D eigenvalue weighted by molar-refractivity contribution is 5.56. The second-order valence-electron chi connectivity index (χ2n) is 5.18. The molecule has 3 rings (SSSR count). The summed E-state index contributed by atoms with van der Waals surface area (Å²) in [7, 11) is 1.66. The van der Waals surface area contributed by atoms with Crippen molar-refractivity contribution < 1.29 is 4.74 Å². The Labute approximate surface area is 119 Å². The van der Waals surface area contributed by atoms with Crippen LogP contribution < -0.4 is 10.5 Å². The molecule has 0 bridgehead atoms. The van der Waals surface area contributed by atoms with Crippen molar-refractivity contribution in [1.29, 1.82) is 0 Å². The lowest BCUT2D eigenvalue weighted by molar-refractivity contribution is 0.415. The van der Waals surface area contributed by atoms with Crippen LogP contribution >= 0.6 is 0 Å². The summed E-state index contributed by atoms with van der Waals surface area (Å²) >= 11 is 0. The van der Waals surface area contributed by atoms with Gasteiger partial charge < -0.3 is 10.5 Å². The molecule has 4 heteroatoms. The quantitative estimate of drug-likeness (QED) is 0.852. The van der Waals surface area contributed by atoms with E-state index in [0.717, 1.165) is 54.1 Å². The minimum Gasteiger partial charge on any atom is -0.497 e. The molecule has 0 fully saturated rings. The number of nitrogens with zero attached hydrogens (tertiary/aromatic N) is 2. The van der Waals surface area contributed by atoms with Crippen LogP contribution in [0.3, 0.4) is 0 Å². The van der Waals surface area contributed by atoms with Gasteiger partial charge in [0.1, 0.15) is 5.75 Å². The molecule has 0 saturated carbocycles. The summed E-state index contributed by atoms with van der Waals surface area (Å²) in [6.07, 6.45) is 6.24. The molecule has 4 nitrogen and oxygen atoms in total. The lowest BCUT2D eigenvalue weighted by Gasteiger charge is -2.12. The van der Waals surface area contributed by atoms with Gasteiger partial charge in [0.25, 0.3) is 0 Å². The van der Waals surface area contributed by atoms with Crippen molar-refractivity contribution in [1.82, 2.24) is 9.97 Å². The fourth-order valence-corrected chi connectivity index (χ4v) is 2.63. The summed E-state index contributed by atoms with van der Waals surface area (Å²) in [4.78, 5) is 9.20. The van der Waals surface area contributed by atoms with E-state index in [1.54, 1.807) is 7.11 Å². The van der Waals surface area contributed by atoms with E-state index in [4.69, 9.17) is 15.5 Å². The number of rotatable bonds is 2. The number of hydrogen-bond donors (Lipinski definition) is 1. The van der Waals surface area contributed by atoms with Gasteiger partial charge in [-0.05, 0) is 43.5 Å². The van der Waals surface area contributed by atoms with E-state index in [1.165, 1.54) is 0 Å². The third-order valence-corrected chi connectivity index (χ3v) is 3.83. The highest BCUT2D eigenvalue weighted by Crippen LogP contribution is 2.27. The Morgan fingerprint density at radius 2 is 2.00 bits per heavy atom. The Kier molecular flexibility index (Phi) is 3.65. The number of fused-ring (bicyclic) bond motifs is 1. The number of ether oxygens (including phenoxy) is 1. The van der Waals surface area contributed by atoms with Crippen molar-refractivity contribution >= 4 is 0 Å². The molecule has 1 aliphatic rings. The van der Waals surface area contributed by atoms with Gasteiger partial charge in [-0.1, -0.05) is 6.42 Å². The van der Waals surface area contributed by atoms with Crippen molar-refractivity contribution in [2.45, 2.75) is 31.7 Å². The topological polar surface area (TPSA) is 61.0 Å². The molecule has 1 heterocycles. The van der Waals surface area contributed by atoms with Gasteiger partial charge in [-0.3, -0.25) is 0 Å². The zero-order chi connectivity index (χ0) is 13.9. The van der Waals surface area contributed by atoms with Gasteiger partial charge >= 0.3 is 0 Å². The zero-order valence-electron chi connectivity index (χ0n) is 11.7. The normalized spacial score (nSPS) is 18.2. The molecule has 0 amide bonds. The van der Waals surface area contributed by atoms with Crippen molar-refractivity contribution in [3.8, 4) is 17.1 Å². The summed E-state index contributed by atoms with van der Waals surface area (Å²) in [6.45, 7) is 0. The molecule has 1 aromatic carbocycles. The molecule has 0 aliphatic heterocycles. The largest absolute Gasteiger partial charge is 0.497 e. The first-order valence-electron chi connectivity index (χ1n) is 7.04. The molecule has 2 N–H and O–H groups in total.